The number of ether oxygens (including phenoxy) is 1. The Morgan fingerprint density at radius 3 is 2.45 bits per heavy atom. The van der Waals surface area contributed by atoms with Crippen molar-refractivity contribution in [3.05, 3.63) is 60.2 Å². The van der Waals surface area contributed by atoms with Gasteiger partial charge in [-0.25, -0.2) is 4.79 Å². The highest BCUT2D eigenvalue weighted by Gasteiger charge is 2.05. The summed E-state index contributed by atoms with van der Waals surface area (Å²) in [6.07, 6.45) is 0. The molecule has 0 aliphatic heterocycles. The monoisotopic (exact) mass is 293 g/mol. The zero-order valence-electron chi connectivity index (χ0n) is 12.9. The van der Waals surface area contributed by atoms with Crippen LogP contribution in [0.1, 0.15) is 19.4 Å². The largest absolute Gasteiger partial charge is 0.417 e. The van der Waals surface area contributed by atoms with Gasteiger partial charge in [0.1, 0.15) is 5.75 Å². The average Bonchev–Trinajstić information content (AvgIpc) is 2.55. The molecule has 0 N–H and O–H groups in total. The summed E-state index contributed by atoms with van der Waals surface area (Å²) in [7, 11) is 0. The van der Waals surface area contributed by atoms with Crippen molar-refractivity contribution in [1.82, 2.24) is 0 Å². The van der Waals surface area contributed by atoms with E-state index < -0.39 is 5.97 Å². The predicted octanol–water partition coefficient (Wildman–Crippen LogP) is 3.49. The van der Waals surface area contributed by atoms with Gasteiger partial charge in [-0.2, -0.15) is 0 Å². The van der Waals surface area contributed by atoms with E-state index >= 15 is 0 Å². The van der Waals surface area contributed by atoms with Crippen LogP contribution in [0.25, 0.3) is 0 Å². The van der Waals surface area contributed by atoms with Gasteiger partial charge in [0.2, 0.25) is 0 Å². The molecule has 2 rings (SSSR count). The van der Waals surface area contributed by atoms with E-state index in [0.29, 0.717) is 5.75 Å². The third-order valence-electron chi connectivity index (χ3n) is 3.24. The molecule has 0 fully saturated rings. The van der Waals surface area contributed by atoms with Gasteiger partial charge in [-0.05, 0) is 38.1 Å². The number of anilines is 1. The molecule has 3 heteroatoms. The smallest absolute Gasteiger partial charge is 0.390 e. The van der Waals surface area contributed by atoms with E-state index in [-0.39, 0.29) is 0 Å². The highest BCUT2D eigenvalue weighted by molar-refractivity contribution is 5.91. The highest BCUT2D eigenvalue weighted by atomic mass is 16.5. The van der Waals surface area contributed by atoms with Gasteiger partial charge in [0, 0.05) is 36.3 Å². The number of hydrogen-bond acceptors (Lipinski definition) is 3. The number of nitrogens with zero attached hydrogens (tertiary/aromatic N) is 1. The first kappa shape index (κ1) is 15.7. The molecule has 3 nitrogen and oxygen atoms in total. The summed E-state index contributed by atoms with van der Waals surface area (Å²) in [6, 6.07) is 16.8. The summed E-state index contributed by atoms with van der Waals surface area (Å²) in [4.78, 5) is 14.0. The Morgan fingerprint density at radius 1 is 1.05 bits per heavy atom. The summed E-state index contributed by atoms with van der Waals surface area (Å²) in [5.74, 6) is 5.24. The summed E-state index contributed by atoms with van der Waals surface area (Å²) in [5.41, 5.74) is 1.82. The Balaban J connectivity index is 2.06. The van der Waals surface area contributed by atoms with Crippen LogP contribution in [0.15, 0.2) is 54.6 Å². The van der Waals surface area contributed by atoms with Gasteiger partial charge < -0.3 is 9.64 Å². The molecular weight excluding hydrogens is 274 g/mol. The van der Waals surface area contributed by atoms with Crippen molar-refractivity contribution in [1.29, 1.82) is 0 Å². The van der Waals surface area contributed by atoms with Gasteiger partial charge in [0.05, 0.1) is 0 Å². The number of carbonyl (C=O) groups excluding carboxylic acids is 1. The maximum atomic E-state index is 11.8. The second-order valence-corrected chi connectivity index (χ2v) is 4.68. The fourth-order valence-electron chi connectivity index (χ4n) is 2.11. The number of rotatable bonds is 4. The van der Waals surface area contributed by atoms with Crippen LogP contribution in [-0.2, 0) is 4.79 Å². The quantitative estimate of drug-likeness (QED) is 0.491. The molecule has 0 atom stereocenters. The van der Waals surface area contributed by atoms with E-state index in [2.05, 4.69) is 30.6 Å². The SMILES string of the molecule is CCN(CC)c1cccc(OC(=O)C#Cc2ccccc2)c1. The van der Waals surface area contributed by atoms with E-state index in [1.807, 2.05) is 48.5 Å². The van der Waals surface area contributed by atoms with E-state index in [1.165, 1.54) is 0 Å². The molecule has 0 aliphatic carbocycles. The lowest BCUT2D eigenvalue weighted by Crippen LogP contribution is -2.21. The zero-order chi connectivity index (χ0) is 15.8. The molecule has 0 saturated carbocycles. The summed E-state index contributed by atoms with van der Waals surface area (Å²) in [6.45, 7) is 5.99. The van der Waals surface area contributed by atoms with Crippen molar-refractivity contribution in [2.24, 2.45) is 0 Å². The molecule has 2 aromatic rings. The van der Waals surface area contributed by atoms with E-state index in [1.54, 1.807) is 6.07 Å². The van der Waals surface area contributed by atoms with Crippen LogP contribution in [0.2, 0.25) is 0 Å². The summed E-state index contributed by atoms with van der Waals surface area (Å²) in [5, 5.41) is 0. The summed E-state index contributed by atoms with van der Waals surface area (Å²) >= 11 is 0. The molecule has 0 saturated heterocycles. The molecule has 0 aromatic heterocycles. The number of esters is 1. The van der Waals surface area contributed by atoms with Crippen LogP contribution >= 0.6 is 0 Å². The van der Waals surface area contributed by atoms with Gasteiger partial charge in [-0.1, -0.05) is 30.2 Å². The van der Waals surface area contributed by atoms with E-state index in [4.69, 9.17) is 4.74 Å². The molecule has 0 heterocycles. The fourth-order valence-corrected chi connectivity index (χ4v) is 2.11. The highest BCUT2D eigenvalue weighted by Crippen LogP contribution is 2.21. The van der Waals surface area contributed by atoms with E-state index in [0.717, 1.165) is 24.3 Å². The minimum atomic E-state index is -0.555. The molecular formula is C19H19NO2. The van der Waals surface area contributed by atoms with Crippen LogP contribution in [0.4, 0.5) is 5.69 Å². The Bertz CT molecular complexity index is 679. The predicted molar refractivity (Wildman–Crippen MR) is 89.0 cm³/mol. The molecule has 0 amide bonds. The maximum absolute atomic E-state index is 11.8. The third-order valence-corrected chi connectivity index (χ3v) is 3.24. The topological polar surface area (TPSA) is 29.5 Å². The second-order valence-electron chi connectivity index (χ2n) is 4.68. The zero-order valence-corrected chi connectivity index (χ0v) is 12.9. The van der Waals surface area contributed by atoms with Gasteiger partial charge in [0.15, 0.2) is 0 Å². The van der Waals surface area contributed by atoms with Crippen molar-refractivity contribution in [3.63, 3.8) is 0 Å². The molecule has 0 aliphatic rings. The Labute approximate surface area is 131 Å². The molecule has 112 valence electrons. The molecule has 2 aromatic carbocycles. The lowest BCUT2D eigenvalue weighted by molar-refractivity contribution is -0.128. The summed E-state index contributed by atoms with van der Waals surface area (Å²) < 4.78 is 5.28. The first-order chi connectivity index (χ1) is 10.7. The molecule has 22 heavy (non-hydrogen) atoms. The van der Waals surface area contributed by atoms with Crippen LogP contribution < -0.4 is 9.64 Å². The molecule has 0 unspecified atom stereocenters. The van der Waals surface area contributed by atoms with Crippen molar-refractivity contribution >= 4 is 11.7 Å². The van der Waals surface area contributed by atoms with Crippen LogP contribution in [-0.4, -0.2) is 19.1 Å². The van der Waals surface area contributed by atoms with Crippen molar-refractivity contribution < 1.29 is 9.53 Å². The number of hydrogen-bond donors (Lipinski definition) is 0. The minimum Gasteiger partial charge on any atom is -0.417 e. The maximum Gasteiger partial charge on any atom is 0.390 e. The normalized spacial score (nSPS) is 9.55. The van der Waals surface area contributed by atoms with Crippen molar-refractivity contribution in [2.45, 2.75) is 13.8 Å². The standard InChI is InChI=1S/C19H19NO2/c1-3-20(4-2)17-11-8-12-18(15-17)22-19(21)14-13-16-9-6-5-7-10-16/h5-12,15H,3-4H2,1-2H3. The van der Waals surface area contributed by atoms with Crippen molar-refractivity contribution in [2.75, 3.05) is 18.0 Å². The lowest BCUT2D eigenvalue weighted by atomic mass is 10.2. The second kappa shape index (κ2) is 7.90. The third kappa shape index (κ3) is 4.39. The van der Waals surface area contributed by atoms with E-state index in [9.17, 15) is 4.79 Å². The van der Waals surface area contributed by atoms with Crippen LogP contribution in [0.5, 0.6) is 5.75 Å². The first-order valence-corrected chi connectivity index (χ1v) is 7.36. The Hall–Kier alpha value is -2.73. The first-order valence-electron chi connectivity index (χ1n) is 7.36. The van der Waals surface area contributed by atoms with Crippen LogP contribution in [0, 0.1) is 11.8 Å². The number of benzene rings is 2. The fraction of sp³-hybridized carbons (Fsp3) is 0.211. The van der Waals surface area contributed by atoms with Crippen molar-refractivity contribution in [3.8, 4) is 17.6 Å². The molecule has 0 spiro atoms. The number of carbonyl (C=O) groups is 1. The van der Waals surface area contributed by atoms with Gasteiger partial charge in [-0.15, -0.1) is 0 Å². The van der Waals surface area contributed by atoms with Gasteiger partial charge in [-0.3, -0.25) is 0 Å². The molecule has 0 bridgehead atoms. The minimum absolute atomic E-state index is 0.511. The lowest BCUT2D eigenvalue weighted by Gasteiger charge is -2.21. The van der Waals surface area contributed by atoms with Crippen LogP contribution in [0.3, 0.4) is 0 Å². The van der Waals surface area contributed by atoms with Gasteiger partial charge in [0.25, 0.3) is 0 Å². The Morgan fingerprint density at radius 2 is 1.77 bits per heavy atom. The average molecular weight is 293 g/mol. The van der Waals surface area contributed by atoms with Gasteiger partial charge >= 0.3 is 5.97 Å². The Kier molecular flexibility index (Phi) is 5.62. The molecule has 0 radical (unpaired) electrons.